The van der Waals surface area contributed by atoms with E-state index in [0.717, 1.165) is 23.3 Å². The summed E-state index contributed by atoms with van der Waals surface area (Å²) in [6, 6.07) is 1.01. The van der Waals surface area contributed by atoms with Crippen LogP contribution < -0.4 is 0 Å². The van der Waals surface area contributed by atoms with Gasteiger partial charge in [-0.25, -0.2) is 24.7 Å². The van der Waals surface area contributed by atoms with Crippen molar-refractivity contribution in [1.82, 2.24) is 34.8 Å². The molecule has 36 heavy (non-hydrogen) atoms. The Kier molecular flexibility index (Phi) is 6.47. The fourth-order valence-corrected chi connectivity index (χ4v) is 3.38. The molecule has 1 aliphatic heterocycles. The molecule has 9 nitrogen and oxygen atoms in total. The Bertz CT molecular complexity index is 1270. The van der Waals surface area contributed by atoms with Crippen molar-refractivity contribution in [1.29, 1.82) is 0 Å². The normalized spacial score (nSPS) is 14.6. The lowest BCUT2D eigenvalue weighted by molar-refractivity contribution is -0.143. The number of hydrogen-bond donors (Lipinski definition) is 0. The molecule has 3 heterocycles. The summed E-state index contributed by atoms with van der Waals surface area (Å²) in [5, 5.41) is 6.22. The summed E-state index contributed by atoms with van der Waals surface area (Å²) in [6.45, 7) is 0.502. The summed E-state index contributed by atoms with van der Waals surface area (Å²) in [5.41, 5.74) is -3.47. The summed E-state index contributed by atoms with van der Waals surface area (Å²) in [5.74, 6) is -1.56. The van der Waals surface area contributed by atoms with Crippen LogP contribution in [-0.4, -0.2) is 59.7 Å². The van der Waals surface area contributed by atoms with Crippen molar-refractivity contribution in [2.24, 2.45) is 0 Å². The molecule has 3 aromatic rings. The molecule has 1 aromatic carbocycles. The van der Waals surface area contributed by atoms with Gasteiger partial charge in [0.25, 0.3) is 11.8 Å². The summed E-state index contributed by atoms with van der Waals surface area (Å²) >= 11 is 0. The molecule has 0 atom stereocenters. The minimum atomic E-state index is -5.02. The number of benzene rings is 1. The van der Waals surface area contributed by atoms with E-state index in [4.69, 9.17) is 0 Å². The third-order valence-corrected chi connectivity index (χ3v) is 5.03. The maximum atomic E-state index is 13.1. The molecule has 0 N–H and O–H groups in total. The lowest BCUT2D eigenvalue weighted by atomic mass is 10.0. The first kappa shape index (κ1) is 24.8. The lowest BCUT2D eigenvalue weighted by Crippen LogP contribution is -2.44. The van der Waals surface area contributed by atoms with Gasteiger partial charge < -0.3 is 0 Å². The first-order valence-electron chi connectivity index (χ1n) is 10.2. The van der Waals surface area contributed by atoms with Crippen LogP contribution in [0.1, 0.15) is 28.0 Å². The van der Waals surface area contributed by atoms with Crippen LogP contribution in [0.15, 0.2) is 49.2 Å². The molecule has 188 valence electrons. The molecule has 1 saturated heterocycles. The van der Waals surface area contributed by atoms with Gasteiger partial charge in [0.1, 0.15) is 12.0 Å². The highest BCUT2D eigenvalue weighted by Crippen LogP contribution is 2.38. The third-order valence-electron chi connectivity index (χ3n) is 5.03. The Morgan fingerprint density at radius 1 is 0.889 bits per heavy atom. The predicted molar refractivity (Wildman–Crippen MR) is 110 cm³/mol. The highest BCUT2D eigenvalue weighted by molar-refractivity contribution is 5.96. The van der Waals surface area contributed by atoms with Crippen LogP contribution in [0.4, 0.5) is 26.3 Å². The molecular formula is C21H15F6N7O2. The third kappa shape index (κ3) is 5.34. The number of halogens is 6. The van der Waals surface area contributed by atoms with Crippen molar-refractivity contribution >= 4 is 18.0 Å². The number of alkyl halides is 6. The topological polar surface area (TPSA) is 97.1 Å². The van der Waals surface area contributed by atoms with Crippen molar-refractivity contribution in [3.63, 3.8) is 0 Å². The molecule has 0 saturated carbocycles. The molecule has 4 rings (SSSR count). The Balaban J connectivity index is 1.53. The monoisotopic (exact) mass is 511 g/mol. The van der Waals surface area contributed by atoms with E-state index in [1.165, 1.54) is 28.6 Å². The highest BCUT2D eigenvalue weighted by Gasteiger charge is 2.37. The van der Waals surface area contributed by atoms with Gasteiger partial charge in [-0.2, -0.15) is 26.3 Å². The lowest BCUT2D eigenvalue weighted by Gasteiger charge is -2.26. The van der Waals surface area contributed by atoms with Gasteiger partial charge in [0.05, 0.1) is 17.3 Å². The number of carbonyl (C=O) groups excluding carboxylic acids is 2. The van der Waals surface area contributed by atoms with Gasteiger partial charge in [-0.3, -0.25) is 14.6 Å². The van der Waals surface area contributed by atoms with Gasteiger partial charge in [0, 0.05) is 43.3 Å². The van der Waals surface area contributed by atoms with Crippen LogP contribution in [0.2, 0.25) is 0 Å². The van der Waals surface area contributed by atoms with Crippen molar-refractivity contribution in [2.45, 2.75) is 18.8 Å². The molecule has 0 spiro atoms. The number of hydrogen-bond acceptors (Lipinski definition) is 6. The van der Waals surface area contributed by atoms with E-state index in [2.05, 4.69) is 20.1 Å². The molecule has 15 heteroatoms. The second kappa shape index (κ2) is 9.39. The van der Waals surface area contributed by atoms with E-state index in [1.807, 2.05) is 0 Å². The fourth-order valence-electron chi connectivity index (χ4n) is 3.38. The maximum absolute atomic E-state index is 13.1. The smallest absolute Gasteiger partial charge is 0.268 e. The van der Waals surface area contributed by atoms with E-state index >= 15 is 0 Å². The van der Waals surface area contributed by atoms with E-state index in [-0.39, 0.29) is 24.8 Å². The summed E-state index contributed by atoms with van der Waals surface area (Å²) in [6.07, 6.45) is -2.38. The van der Waals surface area contributed by atoms with Crippen molar-refractivity contribution < 1.29 is 35.9 Å². The predicted octanol–water partition coefficient (Wildman–Crippen LogP) is 3.53. The largest absolute Gasteiger partial charge is 0.416 e. The van der Waals surface area contributed by atoms with Crippen LogP contribution in [0.3, 0.4) is 0 Å². The van der Waals surface area contributed by atoms with Crippen molar-refractivity contribution in [2.75, 3.05) is 13.1 Å². The Morgan fingerprint density at radius 3 is 2.17 bits per heavy atom. The van der Waals surface area contributed by atoms with Gasteiger partial charge in [0.2, 0.25) is 0 Å². The van der Waals surface area contributed by atoms with Crippen molar-refractivity contribution in [3.8, 4) is 11.4 Å². The summed E-state index contributed by atoms with van der Waals surface area (Å²) in [7, 11) is 0. The van der Waals surface area contributed by atoms with E-state index < -0.39 is 46.7 Å². The minimum absolute atomic E-state index is 0.00316. The van der Waals surface area contributed by atoms with Gasteiger partial charge in [-0.05, 0) is 24.6 Å². The number of aromatic nitrogens is 5. The molecule has 2 aromatic heterocycles. The first-order chi connectivity index (χ1) is 16.9. The zero-order chi connectivity index (χ0) is 26.1. The summed E-state index contributed by atoms with van der Waals surface area (Å²) in [4.78, 5) is 36.7. The van der Waals surface area contributed by atoms with Gasteiger partial charge in [0.15, 0.2) is 5.82 Å². The Labute approximate surface area is 198 Å². The van der Waals surface area contributed by atoms with Crippen molar-refractivity contribution in [3.05, 3.63) is 66.0 Å². The Morgan fingerprint density at radius 2 is 1.56 bits per heavy atom. The first-order valence-corrected chi connectivity index (χ1v) is 10.2. The van der Waals surface area contributed by atoms with Crippen LogP contribution in [0.25, 0.3) is 17.6 Å². The van der Waals surface area contributed by atoms with E-state index in [9.17, 15) is 35.9 Å². The molecule has 0 unspecified atom stereocenters. The molecule has 1 fully saturated rings. The van der Waals surface area contributed by atoms with Crippen LogP contribution in [0, 0.1) is 0 Å². The standard InChI is InChI=1S/C21H15F6N7O2/c22-20(23,24)14-8-13(9-15(10-14)21(25,26)27)18-30-12-32(31-18)7-2-17(35)33-5-1-6-34(33)19(36)16-11-28-3-4-29-16/h2-4,7-12H,1,5-6H2/b7-2-. The quantitative estimate of drug-likeness (QED) is 0.393. The number of hydrazine groups is 1. The van der Waals surface area contributed by atoms with Gasteiger partial charge in [-0.15, -0.1) is 5.10 Å². The zero-order valence-electron chi connectivity index (χ0n) is 18.0. The maximum Gasteiger partial charge on any atom is 0.416 e. The van der Waals surface area contributed by atoms with Crippen LogP contribution >= 0.6 is 0 Å². The molecule has 1 aliphatic rings. The number of rotatable bonds is 4. The van der Waals surface area contributed by atoms with Crippen LogP contribution in [0.5, 0.6) is 0 Å². The molecule has 2 amide bonds. The average molecular weight is 511 g/mol. The second-order valence-electron chi connectivity index (χ2n) is 7.49. The van der Waals surface area contributed by atoms with E-state index in [1.54, 1.807) is 0 Å². The van der Waals surface area contributed by atoms with Gasteiger partial charge >= 0.3 is 12.4 Å². The van der Waals surface area contributed by atoms with Gasteiger partial charge in [-0.1, -0.05) is 0 Å². The average Bonchev–Trinajstić information content (AvgIpc) is 3.51. The molecule has 0 radical (unpaired) electrons. The number of amides is 2. The second-order valence-corrected chi connectivity index (χ2v) is 7.49. The minimum Gasteiger partial charge on any atom is -0.268 e. The molecule has 0 bridgehead atoms. The summed E-state index contributed by atoms with van der Waals surface area (Å²) < 4.78 is 79.6. The Hall–Kier alpha value is -4.30. The number of carbonyl (C=O) groups is 2. The molecular weight excluding hydrogens is 496 g/mol. The van der Waals surface area contributed by atoms with Crippen LogP contribution in [-0.2, 0) is 17.1 Å². The molecule has 0 aliphatic carbocycles. The number of nitrogens with zero attached hydrogens (tertiary/aromatic N) is 7. The SMILES string of the molecule is O=C(/C=C\n1cnc(-c2cc(C(F)(F)F)cc(C(F)(F)F)c2)n1)N1CCCN1C(=O)c1cnccn1. The van der Waals surface area contributed by atoms with E-state index in [0.29, 0.717) is 18.6 Å². The fraction of sp³-hybridized carbons (Fsp3) is 0.238. The highest BCUT2D eigenvalue weighted by atomic mass is 19.4. The zero-order valence-corrected chi connectivity index (χ0v) is 18.0.